The second-order valence-electron chi connectivity index (χ2n) is 5.14. The average molecular weight is 297 g/mol. The molecule has 2 heterocycles. The average Bonchev–Trinajstić information content (AvgIpc) is 3.21. The molecule has 1 fully saturated rings. The molecular formula is C15H15N5S. The maximum absolute atomic E-state index is 4.38. The first-order valence-corrected chi connectivity index (χ1v) is 7.85. The molecule has 1 aromatic carbocycles. The number of H-pyrrole nitrogens is 1. The number of benzene rings is 1. The fourth-order valence-corrected chi connectivity index (χ4v) is 3.19. The van der Waals surface area contributed by atoms with E-state index in [1.54, 1.807) is 24.4 Å². The second kappa shape index (κ2) is 5.46. The van der Waals surface area contributed by atoms with Crippen LogP contribution in [0.25, 0.3) is 11.2 Å². The van der Waals surface area contributed by atoms with E-state index in [0.29, 0.717) is 11.7 Å². The minimum atomic E-state index is 0.709. The summed E-state index contributed by atoms with van der Waals surface area (Å²) in [6.45, 7) is 0.908. The van der Waals surface area contributed by atoms with Crippen LogP contribution in [0.15, 0.2) is 46.8 Å². The molecule has 2 aromatic heterocycles. The van der Waals surface area contributed by atoms with Gasteiger partial charge in [0.2, 0.25) is 0 Å². The molecule has 0 radical (unpaired) electrons. The summed E-state index contributed by atoms with van der Waals surface area (Å²) in [5.41, 5.74) is 2.91. The maximum Gasteiger partial charge on any atom is 0.181 e. The highest BCUT2D eigenvalue weighted by Crippen LogP contribution is 2.32. The Morgan fingerprint density at radius 2 is 2.10 bits per heavy atom. The van der Waals surface area contributed by atoms with Crippen LogP contribution in [-0.4, -0.2) is 26.0 Å². The lowest BCUT2D eigenvalue weighted by molar-refractivity contribution is 0.680. The van der Waals surface area contributed by atoms with Crippen molar-refractivity contribution in [3.8, 4) is 0 Å². The Morgan fingerprint density at radius 1 is 1.19 bits per heavy atom. The summed E-state index contributed by atoms with van der Waals surface area (Å²) in [5.74, 6) is 0. The van der Waals surface area contributed by atoms with Gasteiger partial charge in [0, 0.05) is 17.5 Å². The lowest BCUT2D eigenvalue weighted by Gasteiger charge is -2.09. The van der Waals surface area contributed by atoms with E-state index in [4.69, 9.17) is 0 Å². The summed E-state index contributed by atoms with van der Waals surface area (Å²) in [4.78, 5) is 17.1. The molecule has 0 atom stereocenters. The number of rotatable bonds is 5. The summed E-state index contributed by atoms with van der Waals surface area (Å²) in [6, 6.07) is 9.16. The summed E-state index contributed by atoms with van der Waals surface area (Å²) in [6.07, 6.45) is 5.83. The zero-order valence-corrected chi connectivity index (χ0v) is 12.2. The van der Waals surface area contributed by atoms with Gasteiger partial charge in [-0.25, -0.2) is 15.0 Å². The monoisotopic (exact) mass is 297 g/mol. The van der Waals surface area contributed by atoms with Crippen molar-refractivity contribution in [1.29, 1.82) is 0 Å². The van der Waals surface area contributed by atoms with Gasteiger partial charge in [0.25, 0.3) is 0 Å². The number of nitrogens with zero attached hydrogens (tertiary/aromatic N) is 3. The van der Waals surface area contributed by atoms with Crippen molar-refractivity contribution < 1.29 is 0 Å². The highest BCUT2D eigenvalue weighted by atomic mass is 32.2. The van der Waals surface area contributed by atoms with E-state index >= 15 is 0 Å². The van der Waals surface area contributed by atoms with Gasteiger partial charge in [-0.15, -0.1) is 0 Å². The van der Waals surface area contributed by atoms with Gasteiger partial charge < -0.3 is 10.3 Å². The molecule has 5 nitrogen and oxygen atoms in total. The van der Waals surface area contributed by atoms with Crippen molar-refractivity contribution in [2.45, 2.75) is 35.3 Å². The smallest absolute Gasteiger partial charge is 0.181 e. The first kappa shape index (κ1) is 12.8. The number of imidazole rings is 1. The molecule has 0 unspecified atom stereocenters. The molecule has 21 heavy (non-hydrogen) atoms. The molecule has 106 valence electrons. The number of fused-ring (bicyclic) bond motifs is 1. The van der Waals surface area contributed by atoms with Crippen LogP contribution in [0.3, 0.4) is 0 Å². The topological polar surface area (TPSA) is 66.5 Å². The predicted octanol–water partition coefficient (Wildman–Crippen LogP) is 2.76. The minimum Gasteiger partial charge on any atom is -0.341 e. The zero-order chi connectivity index (χ0) is 14.1. The molecule has 0 spiro atoms. The summed E-state index contributed by atoms with van der Waals surface area (Å²) in [7, 11) is 0. The van der Waals surface area contributed by atoms with E-state index in [1.807, 2.05) is 0 Å². The molecule has 1 aliphatic carbocycles. The molecule has 6 heteroatoms. The van der Waals surface area contributed by atoms with E-state index in [9.17, 15) is 0 Å². The molecule has 0 amide bonds. The molecule has 1 saturated carbocycles. The third-order valence-corrected chi connectivity index (χ3v) is 4.65. The van der Waals surface area contributed by atoms with Crippen molar-refractivity contribution in [2.75, 3.05) is 0 Å². The first-order valence-electron chi connectivity index (χ1n) is 7.03. The highest BCUT2D eigenvalue weighted by Gasteiger charge is 2.20. The molecule has 0 saturated heterocycles. The van der Waals surface area contributed by atoms with Crippen LogP contribution in [0, 0.1) is 0 Å². The van der Waals surface area contributed by atoms with Crippen molar-refractivity contribution in [1.82, 2.24) is 25.3 Å². The van der Waals surface area contributed by atoms with Crippen molar-refractivity contribution in [2.24, 2.45) is 0 Å². The highest BCUT2D eigenvalue weighted by molar-refractivity contribution is 7.99. The lowest BCUT2D eigenvalue weighted by Crippen LogP contribution is -2.15. The summed E-state index contributed by atoms with van der Waals surface area (Å²) >= 11 is 1.66. The summed E-state index contributed by atoms with van der Waals surface area (Å²) in [5, 5.41) is 4.48. The Morgan fingerprint density at radius 3 is 3.00 bits per heavy atom. The number of aromatic amines is 1. The van der Waals surface area contributed by atoms with Crippen molar-refractivity contribution >= 4 is 22.9 Å². The quantitative estimate of drug-likeness (QED) is 0.709. The van der Waals surface area contributed by atoms with Gasteiger partial charge >= 0.3 is 0 Å². The van der Waals surface area contributed by atoms with Crippen LogP contribution in [-0.2, 0) is 6.54 Å². The predicted molar refractivity (Wildman–Crippen MR) is 82.1 cm³/mol. The first-order chi connectivity index (χ1) is 10.4. The van der Waals surface area contributed by atoms with Crippen LogP contribution < -0.4 is 5.32 Å². The molecule has 0 aliphatic heterocycles. The molecule has 3 aromatic rings. The second-order valence-corrected chi connectivity index (χ2v) is 6.18. The number of hydrogen-bond donors (Lipinski definition) is 2. The normalized spacial score (nSPS) is 14.7. The van der Waals surface area contributed by atoms with E-state index in [-0.39, 0.29) is 0 Å². The largest absolute Gasteiger partial charge is 0.341 e. The standard InChI is InChI=1S/C15H15N5S/c1-2-4-12(10(3-1)7-16-11-5-6-11)21-15-13-14(18-8-17-13)19-9-20-15/h1-4,8-9,11,16H,5-7H2,(H,17,18,19,20). The van der Waals surface area contributed by atoms with E-state index in [2.05, 4.69) is 49.5 Å². The third-order valence-electron chi connectivity index (χ3n) is 3.53. The number of nitrogens with one attached hydrogen (secondary N) is 2. The lowest BCUT2D eigenvalue weighted by atomic mass is 10.2. The van der Waals surface area contributed by atoms with Gasteiger partial charge in [0.15, 0.2) is 5.65 Å². The Balaban J connectivity index is 1.62. The van der Waals surface area contributed by atoms with E-state index in [1.165, 1.54) is 23.3 Å². The Bertz CT molecular complexity index is 765. The zero-order valence-electron chi connectivity index (χ0n) is 11.4. The van der Waals surface area contributed by atoms with E-state index < -0.39 is 0 Å². The Labute approximate surface area is 126 Å². The third kappa shape index (κ3) is 2.77. The van der Waals surface area contributed by atoms with Gasteiger partial charge in [-0.1, -0.05) is 30.0 Å². The van der Waals surface area contributed by atoms with E-state index in [0.717, 1.165) is 17.1 Å². The van der Waals surface area contributed by atoms with Crippen LogP contribution in [0.2, 0.25) is 0 Å². The van der Waals surface area contributed by atoms with Gasteiger partial charge in [-0.05, 0) is 24.5 Å². The fraction of sp³-hybridized carbons (Fsp3) is 0.267. The van der Waals surface area contributed by atoms with Crippen LogP contribution in [0.5, 0.6) is 0 Å². The SMILES string of the molecule is c1ccc(Sc2ncnc3nc[nH]c23)c(CNC2CC2)c1. The Hall–Kier alpha value is -1.92. The molecule has 1 aliphatic rings. The van der Waals surface area contributed by atoms with Crippen LogP contribution in [0.4, 0.5) is 0 Å². The number of hydrogen-bond acceptors (Lipinski definition) is 5. The van der Waals surface area contributed by atoms with Gasteiger partial charge in [-0.3, -0.25) is 0 Å². The summed E-state index contributed by atoms with van der Waals surface area (Å²) < 4.78 is 0. The maximum atomic E-state index is 4.38. The Kier molecular flexibility index (Phi) is 3.33. The number of aromatic nitrogens is 4. The fourth-order valence-electron chi connectivity index (χ4n) is 2.22. The van der Waals surface area contributed by atoms with Crippen LogP contribution >= 0.6 is 11.8 Å². The molecule has 0 bridgehead atoms. The minimum absolute atomic E-state index is 0.709. The molecule has 2 N–H and O–H groups in total. The van der Waals surface area contributed by atoms with Crippen molar-refractivity contribution in [3.63, 3.8) is 0 Å². The van der Waals surface area contributed by atoms with Crippen LogP contribution in [0.1, 0.15) is 18.4 Å². The molecule has 4 rings (SSSR count). The van der Waals surface area contributed by atoms with Gasteiger partial charge in [-0.2, -0.15) is 0 Å². The van der Waals surface area contributed by atoms with Gasteiger partial charge in [0.05, 0.1) is 6.33 Å². The van der Waals surface area contributed by atoms with Crippen molar-refractivity contribution in [3.05, 3.63) is 42.5 Å². The van der Waals surface area contributed by atoms with Gasteiger partial charge in [0.1, 0.15) is 16.9 Å². The molecular weight excluding hydrogens is 282 g/mol.